The van der Waals surface area contributed by atoms with E-state index < -0.39 is 32.5 Å². The summed E-state index contributed by atoms with van der Waals surface area (Å²) in [5, 5.41) is 0. The number of ether oxygens (including phenoxy) is 2. The SMILES string of the molecule is CC/C=C\C/C=C\C/C=C\C/C=C\C/C=C\CCCC(=O)OC(COC(=O)CCCCCCCCCCCC)COP(=O)(O)OC. The van der Waals surface area contributed by atoms with Crippen molar-refractivity contribution < 1.29 is 37.6 Å². The van der Waals surface area contributed by atoms with Crippen molar-refractivity contribution in [3.63, 3.8) is 0 Å². The molecule has 0 aliphatic carbocycles. The van der Waals surface area contributed by atoms with Crippen LogP contribution in [0.25, 0.3) is 0 Å². The lowest BCUT2D eigenvalue weighted by molar-refractivity contribution is -0.161. The minimum absolute atomic E-state index is 0.165. The van der Waals surface area contributed by atoms with Crippen molar-refractivity contribution in [1.82, 2.24) is 0 Å². The predicted octanol–water partition coefficient (Wildman–Crippen LogP) is 10.4. The highest BCUT2D eigenvalue weighted by Gasteiger charge is 2.24. The second kappa shape index (κ2) is 32.7. The first-order valence-electron chi connectivity index (χ1n) is 17.5. The maximum Gasteiger partial charge on any atom is 0.472 e. The average Bonchev–Trinajstić information content (AvgIpc) is 3.04. The fourth-order valence-corrected chi connectivity index (χ4v) is 4.80. The number of carbonyl (C=O) groups is 2. The molecule has 0 fully saturated rings. The standard InChI is InChI=1S/C37H63O8P/c1-4-6-8-10-12-14-16-17-18-19-20-21-22-24-26-28-30-32-37(39)45-35(34-44-46(40,41)42-3)33-43-36(38)31-29-27-25-23-15-13-11-9-7-5-2/h6,8,12,14,17-18,20-21,24,26,35H,4-5,7,9-11,13,15-16,19,22-23,25,27-34H2,1-3H3,(H,40,41)/b8-6-,14-12-,18-17-,21-20-,26-24-. The third-order valence-corrected chi connectivity index (χ3v) is 7.96. The van der Waals surface area contributed by atoms with Gasteiger partial charge in [0.15, 0.2) is 6.10 Å². The molecule has 46 heavy (non-hydrogen) atoms. The second-order valence-electron chi connectivity index (χ2n) is 11.3. The predicted molar refractivity (Wildman–Crippen MR) is 188 cm³/mol. The molecule has 2 unspecified atom stereocenters. The molecule has 0 bridgehead atoms. The van der Waals surface area contributed by atoms with Crippen LogP contribution in [-0.4, -0.2) is 43.3 Å². The van der Waals surface area contributed by atoms with Crippen LogP contribution in [0, 0.1) is 0 Å². The van der Waals surface area contributed by atoms with Gasteiger partial charge in [-0.3, -0.25) is 18.6 Å². The Labute approximate surface area is 280 Å². The van der Waals surface area contributed by atoms with E-state index in [1.54, 1.807) is 0 Å². The zero-order valence-electron chi connectivity index (χ0n) is 29.0. The number of hydrogen-bond donors (Lipinski definition) is 1. The van der Waals surface area contributed by atoms with Crippen LogP contribution in [0.3, 0.4) is 0 Å². The Kier molecular flexibility index (Phi) is 31.1. The number of esters is 2. The Morgan fingerprint density at radius 3 is 1.63 bits per heavy atom. The fourth-order valence-electron chi connectivity index (χ4n) is 4.34. The lowest BCUT2D eigenvalue weighted by atomic mass is 10.1. The van der Waals surface area contributed by atoms with Gasteiger partial charge in [-0.1, -0.05) is 132 Å². The number of allylic oxidation sites excluding steroid dienone is 10. The molecule has 2 atom stereocenters. The lowest BCUT2D eigenvalue weighted by Gasteiger charge is -2.19. The van der Waals surface area contributed by atoms with Gasteiger partial charge in [-0.15, -0.1) is 0 Å². The van der Waals surface area contributed by atoms with Crippen LogP contribution in [0.5, 0.6) is 0 Å². The first-order valence-corrected chi connectivity index (χ1v) is 19.0. The van der Waals surface area contributed by atoms with Crippen molar-refractivity contribution in [2.24, 2.45) is 0 Å². The third-order valence-electron chi connectivity index (χ3n) is 7.03. The van der Waals surface area contributed by atoms with Gasteiger partial charge in [0.1, 0.15) is 6.61 Å². The van der Waals surface area contributed by atoms with E-state index in [2.05, 4.69) is 73.1 Å². The van der Waals surface area contributed by atoms with E-state index in [1.807, 2.05) is 6.08 Å². The lowest BCUT2D eigenvalue weighted by Crippen LogP contribution is -2.29. The van der Waals surface area contributed by atoms with Crippen molar-refractivity contribution in [2.75, 3.05) is 20.3 Å². The summed E-state index contributed by atoms with van der Waals surface area (Å²) in [6, 6.07) is 0. The molecule has 0 aromatic carbocycles. The molecule has 0 aromatic rings. The Morgan fingerprint density at radius 2 is 1.11 bits per heavy atom. The smallest absolute Gasteiger partial charge is 0.462 e. The van der Waals surface area contributed by atoms with Gasteiger partial charge >= 0.3 is 19.8 Å². The molecule has 0 radical (unpaired) electrons. The molecule has 8 nitrogen and oxygen atoms in total. The van der Waals surface area contributed by atoms with Gasteiger partial charge < -0.3 is 14.4 Å². The van der Waals surface area contributed by atoms with E-state index in [0.29, 0.717) is 12.8 Å². The Bertz CT molecular complexity index is 938. The van der Waals surface area contributed by atoms with Crippen LogP contribution < -0.4 is 0 Å². The van der Waals surface area contributed by atoms with Crippen molar-refractivity contribution in [3.05, 3.63) is 60.8 Å². The minimum atomic E-state index is -4.27. The van der Waals surface area contributed by atoms with Crippen molar-refractivity contribution >= 4 is 19.8 Å². The molecule has 0 aromatic heterocycles. The van der Waals surface area contributed by atoms with Gasteiger partial charge in [0.25, 0.3) is 0 Å². The molecule has 0 rings (SSSR count). The normalized spacial score (nSPS) is 14.3. The highest BCUT2D eigenvalue weighted by atomic mass is 31.2. The van der Waals surface area contributed by atoms with Crippen LogP contribution in [0.1, 0.15) is 136 Å². The summed E-state index contributed by atoms with van der Waals surface area (Å²) >= 11 is 0. The van der Waals surface area contributed by atoms with Gasteiger partial charge in [-0.2, -0.15) is 0 Å². The summed E-state index contributed by atoms with van der Waals surface area (Å²) in [4.78, 5) is 34.2. The first kappa shape index (κ1) is 43.8. The number of phosphoric ester groups is 1. The zero-order chi connectivity index (χ0) is 34.0. The molecule has 0 spiro atoms. The molecule has 0 aliphatic heterocycles. The number of hydrogen-bond acceptors (Lipinski definition) is 7. The maximum atomic E-state index is 12.4. The Hall–Kier alpha value is -2.25. The van der Waals surface area contributed by atoms with Gasteiger partial charge in [0.05, 0.1) is 6.61 Å². The summed E-state index contributed by atoms with van der Waals surface area (Å²) in [5.41, 5.74) is 0. The van der Waals surface area contributed by atoms with Gasteiger partial charge in [0, 0.05) is 20.0 Å². The highest BCUT2D eigenvalue weighted by molar-refractivity contribution is 7.47. The molecule has 0 saturated heterocycles. The Balaban J connectivity index is 4.23. The molecule has 264 valence electrons. The van der Waals surface area contributed by atoms with E-state index in [4.69, 9.17) is 14.0 Å². The first-order chi connectivity index (χ1) is 22.3. The maximum absolute atomic E-state index is 12.4. The fraction of sp³-hybridized carbons (Fsp3) is 0.676. The molecular weight excluding hydrogens is 603 g/mol. The summed E-state index contributed by atoms with van der Waals surface area (Å²) in [6.45, 7) is 3.68. The minimum Gasteiger partial charge on any atom is -0.462 e. The molecule has 0 aliphatic rings. The molecule has 0 heterocycles. The van der Waals surface area contributed by atoms with Crippen LogP contribution in [0.15, 0.2) is 60.8 Å². The third kappa shape index (κ3) is 31.7. The van der Waals surface area contributed by atoms with E-state index in [-0.39, 0.29) is 19.4 Å². The van der Waals surface area contributed by atoms with Crippen LogP contribution in [0.2, 0.25) is 0 Å². The van der Waals surface area contributed by atoms with Crippen molar-refractivity contribution in [3.8, 4) is 0 Å². The highest BCUT2D eigenvalue weighted by Crippen LogP contribution is 2.42. The van der Waals surface area contributed by atoms with Gasteiger partial charge in [-0.05, 0) is 51.4 Å². The number of phosphoric acid groups is 1. The topological polar surface area (TPSA) is 108 Å². The largest absolute Gasteiger partial charge is 0.472 e. The number of unbranched alkanes of at least 4 members (excludes halogenated alkanes) is 10. The van der Waals surface area contributed by atoms with E-state index in [1.165, 1.54) is 44.9 Å². The monoisotopic (exact) mass is 666 g/mol. The van der Waals surface area contributed by atoms with Crippen molar-refractivity contribution in [1.29, 1.82) is 0 Å². The van der Waals surface area contributed by atoms with Gasteiger partial charge in [-0.25, -0.2) is 4.57 Å². The van der Waals surface area contributed by atoms with Gasteiger partial charge in [0.2, 0.25) is 0 Å². The molecular formula is C37H63O8P. The van der Waals surface area contributed by atoms with E-state index >= 15 is 0 Å². The van der Waals surface area contributed by atoms with Crippen LogP contribution >= 0.6 is 7.82 Å². The Morgan fingerprint density at radius 1 is 0.630 bits per heavy atom. The summed E-state index contributed by atoms with van der Waals surface area (Å²) in [6.07, 6.45) is 38.5. The zero-order valence-corrected chi connectivity index (χ0v) is 29.8. The summed E-state index contributed by atoms with van der Waals surface area (Å²) in [5.74, 6) is -0.880. The molecule has 9 heteroatoms. The second-order valence-corrected chi connectivity index (χ2v) is 12.8. The van der Waals surface area contributed by atoms with E-state index in [9.17, 15) is 19.0 Å². The van der Waals surface area contributed by atoms with Crippen LogP contribution in [0.4, 0.5) is 0 Å². The molecule has 0 saturated carbocycles. The quantitative estimate of drug-likeness (QED) is 0.0337. The van der Waals surface area contributed by atoms with Crippen molar-refractivity contribution in [2.45, 2.75) is 142 Å². The van der Waals surface area contributed by atoms with E-state index in [0.717, 1.165) is 58.5 Å². The molecule has 0 amide bonds. The molecule has 1 N–H and O–H groups in total. The summed E-state index contributed by atoms with van der Waals surface area (Å²) < 4.78 is 31.7. The average molecular weight is 667 g/mol. The summed E-state index contributed by atoms with van der Waals surface area (Å²) in [7, 11) is -3.22. The van der Waals surface area contributed by atoms with Crippen LogP contribution in [-0.2, 0) is 32.7 Å². The number of rotatable bonds is 31. The number of carbonyl (C=O) groups excluding carboxylic acids is 2.